The van der Waals surface area contributed by atoms with Gasteiger partial charge in [0.2, 0.25) is 0 Å². The topological polar surface area (TPSA) is 28.7 Å². The van der Waals surface area contributed by atoms with Crippen LogP contribution in [0.15, 0.2) is 78.9 Å². The number of benzene rings is 4. The van der Waals surface area contributed by atoms with Crippen LogP contribution in [0.2, 0.25) is 0 Å². The molecule has 4 aromatic carbocycles. The largest absolute Gasteiger partial charge is 0.338 e. The van der Waals surface area contributed by atoms with Crippen molar-refractivity contribution in [2.45, 2.75) is 0 Å². The smallest absolute Gasteiger partial charge is 0.139 e. The summed E-state index contributed by atoms with van der Waals surface area (Å²) in [5, 5.41) is 4.98. The molecular formula is C21H14N2. The molecule has 23 heavy (non-hydrogen) atoms. The molecule has 0 spiro atoms. The summed E-state index contributed by atoms with van der Waals surface area (Å²) in [7, 11) is 0. The Bertz CT molecular complexity index is 1140. The molecule has 0 atom stereocenters. The molecule has 2 nitrogen and oxygen atoms in total. The molecule has 1 heterocycles. The maximum Gasteiger partial charge on any atom is 0.139 e. The lowest BCUT2D eigenvalue weighted by atomic mass is 9.99. The zero-order valence-electron chi connectivity index (χ0n) is 12.5. The first kappa shape index (κ1) is 12.4. The summed E-state index contributed by atoms with van der Waals surface area (Å²) in [6.45, 7) is 0. The van der Waals surface area contributed by atoms with Crippen molar-refractivity contribution in [2.24, 2.45) is 0 Å². The van der Waals surface area contributed by atoms with Gasteiger partial charge < -0.3 is 4.98 Å². The second-order valence-electron chi connectivity index (χ2n) is 5.83. The molecule has 1 N–H and O–H groups in total. The molecule has 0 saturated carbocycles. The minimum Gasteiger partial charge on any atom is -0.338 e. The number of imidazole rings is 1. The molecule has 0 saturated heterocycles. The number of para-hydroxylation sites is 2. The summed E-state index contributed by atoms with van der Waals surface area (Å²) in [5.41, 5.74) is 3.21. The molecule has 0 aliphatic heterocycles. The molecular weight excluding hydrogens is 280 g/mol. The zero-order valence-corrected chi connectivity index (χ0v) is 12.5. The SMILES string of the molecule is c1ccc2cc3c(-c4nc5ccccc5[nH]4)cccc3cc2c1. The third-order valence-corrected chi connectivity index (χ3v) is 4.39. The predicted octanol–water partition coefficient (Wildman–Crippen LogP) is 5.54. The molecule has 0 bridgehead atoms. The molecule has 0 fully saturated rings. The lowest BCUT2D eigenvalue weighted by Crippen LogP contribution is -1.84. The highest BCUT2D eigenvalue weighted by Gasteiger charge is 2.09. The van der Waals surface area contributed by atoms with Crippen molar-refractivity contribution in [3.8, 4) is 11.4 Å². The fourth-order valence-electron chi connectivity index (χ4n) is 3.25. The van der Waals surface area contributed by atoms with Gasteiger partial charge >= 0.3 is 0 Å². The lowest BCUT2D eigenvalue weighted by molar-refractivity contribution is 1.35. The summed E-state index contributed by atoms with van der Waals surface area (Å²) in [6.07, 6.45) is 0. The molecule has 0 radical (unpaired) electrons. The first-order valence-electron chi connectivity index (χ1n) is 7.75. The predicted molar refractivity (Wildman–Crippen MR) is 96.5 cm³/mol. The van der Waals surface area contributed by atoms with Crippen molar-refractivity contribution in [3.05, 3.63) is 78.9 Å². The number of H-pyrrole nitrogens is 1. The number of aromatic nitrogens is 2. The van der Waals surface area contributed by atoms with Crippen LogP contribution in [-0.4, -0.2) is 9.97 Å². The number of hydrogen-bond donors (Lipinski definition) is 1. The summed E-state index contributed by atoms with van der Waals surface area (Å²) in [5.74, 6) is 0.923. The van der Waals surface area contributed by atoms with E-state index in [9.17, 15) is 0 Å². The lowest BCUT2D eigenvalue weighted by Gasteiger charge is -2.06. The Morgan fingerprint density at radius 1 is 0.652 bits per heavy atom. The average Bonchev–Trinajstić information content (AvgIpc) is 3.03. The van der Waals surface area contributed by atoms with Crippen LogP contribution in [0.1, 0.15) is 0 Å². The van der Waals surface area contributed by atoms with Gasteiger partial charge in [-0.15, -0.1) is 0 Å². The summed E-state index contributed by atoms with van der Waals surface area (Å²) < 4.78 is 0. The minimum absolute atomic E-state index is 0.923. The van der Waals surface area contributed by atoms with Gasteiger partial charge in [-0.3, -0.25) is 0 Å². The van der Waals surface area contributed by atoms with E-state index in [0.29, 0.717) is 0 Å². The van der Waals surface area contributed by atoms with E-state index in [1.165, 1.54) is 21.5 Å². The van der Waals surface area contributed by atoms with Gasteiger partial charge in [-0.2, -0.15) is 0 Å². The Labute approximate surface area is 133 Å². The van der Waals surface area contributed by atoms with Crippen LogP contribution >= 0.6 is 0 Å². The summed E-state index contributed by atoms with van der Waals surface area (Å²) >= 11 is 0. The van der Waals surface area contributed by atoms with Crippen LogP contribution in [0.4, 0.5) is 0 Å². The molecule has 5 rings (SSSR count). The maximum absolute atomic E-state index is 4.76. The van der Waals surface area contributed by atoms with Crippen LogP contribution in [0.5, 0.6) is 0 Å². The second kappa shape index (κ2) is 4.68. The standard InChI is InChI=1S/C21H14N2/c1-2-7-15-13-18-16(12-14(15)6-1)8-5-9-17(18)21-22-19-10-3-4-11-20(19)23-21/h1-13H,(H,22,23). The van der Waals surface area contributed by atoms with Gasteiger partial charge in [-0.1, -0.05) is 54.6 Å². The molecule has 0 aliphatic carbocycles. The molecule has 108 valence electrons. The van der Waals surface area contributed by atoms with Gasteiger partial charge in [-0.05, 0) is 45.8 Å². The van der Waals surface area contributed by atoms with Crippen LogP contribution in [-0.2, 0) is 0 Å². The normalized spacial score (nSPS) is 11.5. The fraction of sp³-hybridized carbons (Fsp3) is 0. The van der Waals surface area contributed by atoms with E-state index in [0.717, 1.165) is 22.4 Å². The van der Waals surface area contributed by atoms with E-state index in [1.807, 2.05) is 18.2 Å². The van der Waals surface area contributed by atoms with Crippen molar-refractivity contribution in [1.29, 1.82) is 0 Å². The molecule has 5 aromatic rings. The van der Waals surface area contributed by atoms with Crippen molar-refractivity contribution in [3.63, 3.8) is 0 Å². The number of fused-ring (bicyclic) bond motifs is 3. The van der Waals surface area contributed by atoms with Crippen molar-refractivity contribution < 1.29 is 0 Å². The number of nitrogens with one attached hydrogen (secondary N) is 1. The number of aromatic amines is 1. The van der Waals surface area contributed by atoms with E-state index in [2.05, 4.69) is 65.6 Å². The highest BCUT2D eigenvalue weighted by Crippen LogP contribution is 2.31. The zero-order chi connectivity index (χ0) is 15.2. The number of nitrogens with zero attached hydrogens (tertiary/aromatic N) is 1. The Balaban J connectivity index is 1.84. The highest BCUT2D eigenvalue weighted by atomic mass is 14.9. The van der Waals surface area contributed by atoms with Crippen molar-refractivity contribution in [1.82, 2.24) is 9.97 Å². The minimum atomic E-state index is 0.923. The van der Waals surface area contributed by atoms with E-state index < -0.39 is 0 Å². The monoisotopic (exact) mass is 294 g/mol. The first-order valence-corrected chi connectivity index (χ1v) is 7.75. The van der Waals surface area contributed by atoms with E-state index in [-0.39, 0.29) is 0 Å². The highest BCUT2D eigenvalue weighted by molar-refractivity contribution is 6.04. The second-order valence-corrected chi connectivity index (χ2v) is 5.83. The van der Waals surface area contributed by atoms with Gasteiger partial charge in [-0.25, -0.2) is 4.98 Å². The Hall–Kier alpha value is -3.13. The van der Waals surface area contributed by atoms with Gasteiger partial charge in [0.1, 0.15) is 5.82 Å². The van der Waals surface area contributed by atoms with Crippen LogP contribution in [0, 0.1) is 0 Å². The number of hydrogen-bond acceptors (Lipinski definition) is 1. The maximum atomic E-state index is 4.76. The first-order chi connectivity index (χ1) is 11.4. The molecule has 0 unspecified atom stereocenters. The van der Waals surface area contributed by atoms with Crippen molar-refractivity contribution >= 4 is 32.6 Å². The average molecular weight is 294 g/mol. The molecule has 2 heteroatoms. The molecule has 0 amide bonds. The third kappa shape index (κ3) is 1.92. The van der Waals surface area contributed by atoms with Crippen LogP contribution in [0.3, 0.4) is 0 Å². The van der Waals surface area contributed by atoms with E-state index in [1.54, 1.807) is 0 Å². The van der Waals surface area contributed by atoms with E-state index >= 15 is 0 Å². The fourth-order valence-corrected chi connectivity index (χ4v) is 3.25. The van der Waals surface area contributed by atoms with Crippen molar-refractivity contribution in [2.75, 3.05) is 0 Å². The summed E-state index contributed by atoms with van der Waals surface area (Å²) in [6, 6.07) is 27.5. The van der Waals surface area contributed by atoms with Crippen LogP contribution < -0.4 is 0 Å². The third-order valence-electron chi connectivity index (χ3n) is 4.39. The van der Waals surface area contributed by atoms with E-state index in [4.69, 9.17) is 4.98 Å². The van der Waals surface area contributed by atoms with Gasteiger partial charge in [0.15, 0.2) is 0 Å². The van der Waals surface area contributed by atoms with Gasteiger partial charge in [0.05, 0.1) is 11.0 Å². The van der Waals surface area contributed by atoms with Gasteiger partial charge in [0.25, 0.3) is 0 Å². The van der Waals surface area contributed by atoms with Gasteiger partial charge in [0, 0.05) is 5.56 Å². The summed E-state index contributed by atoms with van der Waals surface area (Å²) in [4.78, 5) is 8.20. The molecule has 0 aliphatic rings. The quantitative estimate of drug-likeness (QED) is 0.404. The van der Waals surface area contributed by atoms with Crippen LogP contribution in [0.25, 0.3) is 44.0 Å². The number of rotatable bonds is 1. The Morgan fingerprint density at radius 3 is 2.26 bits per heavy atom. The molecule has 1 aromatic heterocycles. The Morgan fingerprint density at radius 2 is 1.39 bits per heavy atom. The Kier molecular flexibility index (Phi) is 2.53.